The Kier molecular flexibility index (Phi) is 7.09. The van der Waals surface area contributed by atoms with Crippen LogP contribution < -0.4 is 0 Å². The molecule has 0 saturated carbocycles. The van der Waals surface area contributed by atoms with Crippen molar-refractivity contribution in [2.24, 2.45) is 0 Å². The van der Waals surface area contributed by atoms with Crippen LogP contribution >= 0.6 is 23.5 Å². The summed E-state index contributed by atoms with van der Waals surface area (Å²) in [6.07, 6.45) is 12.6. The molecular formula is C18H26S2. The standard InChI is InChI=1S/C18H26S2/c1-18(19-15-10-16-20-18)14-9-4-2-3-6-11-17-12-7-5-8-13-17/h5-8,11-13H,2-4,9-10,14-16H2,1H3/b11-6+. The Bertz CT molecular complexity index is 391. The normalized spacial score (nSPS) is 18.4. The van der Waals surface area contributed by atoms with Gasteiger partial charge >= 0.3 is 0 Å². The van der Waals surface area contributed by atoms with Crippen molar-refractivity contribution < 1.29 is 0 Å². The lowest BCUT2D eigenvalue weighted by atomic mass is 10.1. The van der Waals surface area contributed by atoms with Gasteiger partial charge in [0.15, 0.2) is 0 Å². The fourth-order valence-corrected chi connectivity index (χ4v) is 5.52. The summed E-state index contributed by atoms with van der Waals surface area (Å²) in [5.41, 5.74) is 1.31. The average molecular weight is 307 g/mol. The van der Waals surface area contributed by atoms with E-state index in [9.17, 15) is 0 Å². The predicted octanol–water partition coefficient (Wildman–Crippen LogP) is 6.24. The molecule has 1 fully saturated rings. The van der Waals surface area contributed by atoms with Crippen molar-refractivity contribution in [1.29, 1.82) is 0 Å². The van der Waals surface area contributed by atoms with E-state index in [-0.39, 0.29) is 0 Å². The zero-order chi connectivity index (χ0) is 14.1. The van der Waals surface area contributed by atoms with Gasteiger partial charge in [-0.05, 0) is 49.7 Å². The number of allylic oxidation sites excluding steroid dienone is 1. The van der Waals surface area contributed by atoms with Gasteiger partial charge in [0.1, 0.15) is 0 Å². The van der Waals surface area contributed by atoms with E-state index in [0.717, 1.165) is 0 Å². The minimum atomic E-state index is 0.512. The summed E-state index contributed by atoms with van der Waals surface area (Å²) in [5, 5.41) is 0. The number of thioether (sulfide) groups is 2. The van der Waals surface area contributed by atoms with Crippen LogP contribution in [0.2, 0.25) is 0 Å². The third-order valence-corrected chi connectivity index (χ3v) is 7.04. The van der Waals surface area contributed by atoms with Crippen molar-refractivity contribution in [3.05, 3.63) is 42.0 Å². The van der Waals surface area contributed by atoms with Crippen LogP contribution in [0.4, 0.5) is 0 Å². The van der Waals surface area contributed by atoms with Gasteiger partial charge in [0.05, 0.1) is 4.08 Å². The average Bonchev–Trinajstić information content (AvgIpc) is 2.48. The van der Waals surface area contributed by atoms with E-state index in [1.165, 1.54) is 55.6 Å². The van der Waals surface area contributed by atoms with Gasteiger partial charge in [-0.3, -0.25) is 0 Å². The number of benzene rings is 1. The van der Waals surface area contributed by atoms with E-state index in [1.807, 2.05) is 0 Å². The maximum absolute atomic E-state index is 2.44. The second-order valence-corrected chi connectivity index (χ2v) is 9.05. The summed E-state index contributed by atoms with van der Waals surface area (Å²) in [6, 6.07) is 10.6. The van der Waals surface area contributed by atoms with E-state index in [0.29, 0.717) is 4.08 Å². The van der Waals surface area contributed by atoms with Crippen LogP contribution in [0.5, 0.6) is 0 Å². The molecule has 0 unspecified atom stereocenters. The molecule has 0 atom stereocenters. The first-order valence-electron chi connectivity index (χ1n) is 7.78. The Morgan fingerprint density at radius 2 is 1.80 bits per heavy atom. The van der Waals surface area contributed by atoms with Crippen LogP contribution in [0.15, 0.2) is 36.4 Å². The molecule has 20 heavy (non-hydrogen) atoms. The Balaban J connectivity index is 1.54. The van der Waals surface area contributed by atoms with Crippen molar-refractivity contribution in [3.63, 3.8) is 0 Å². The summed E-state index contributed by atoms with van der Waals surface area (Å²) in [5.74, 6) is 2.73. The molecule has 110 valence electrons. The Labute approximate surface area is 132 Å². The molecule has 1 aromatic carbocycles. The quantitative estimate of drug-likeness (QED) is 0.547. The summed E-state index contributed by atoms with van der Waals surface area (Å²) in [7, 11) is 0. The lowest BCUT2D eigenvalue weighted by Gasteiger charge is -2.32. The number of hydrogen-bond donors (Lipinski definition) is 0. The van der Waals surface area contributed by atoms with Crippen LogP contribution in [-0.4, -0.2) is 15.6 Å². The highest BCUT2D eigenvalue weighted by molar-refractivity contribution is 8.18. The molecule has 0 amide bonds. The molecule has 0 nitrogen and oxygen atoms in total. The monoisotopic (exact) mass is 306 g/mol. The van der Waals surface area contributed by atoms with Gasteiger partial charge < -0.3 is 0 Å². The molecular weight excluding hydrogens is 280 g/mol. The van der Waals surface area contributed by atoms with Crippen LogP contribution in [0.1, 0.15) is 51.0 Å². The first-order chi connectivity index (χ1) is 9.79. The van der Waals surface area contributed by atoms with E-state index in [2.05, 4.69) is 72.9 Å². The van der Waals surface area contributed by atoms with Gasteiger partial charge in [-0.15, -0.1) is 23.5 Å². The molecule has 0 spiro atoms. The van der Waals surface area contributed by atoms with Crippen molar-refractivity contribution in [1.82, 2.24) is 0 Å². The van der Waals surface area contributed by atoms with Gasteiger partial charge in [-0.1, -0.05) is 55.3 Å². The lowest BCUT2D eigenvalue weighted by Crippen LogP contribution is -2.20. The van der Waals surface area contributed by atoms with Gasteiger partial charge in [-0.25, -0.2) is 0 Å². The highest BCUT2D eigenvalue weighted by Crippen LogP contribution is 2.45. The smallest absolute Gasteiger partial charge is 0.0583 e. The van der Waals surface area contributed by atoms with Crippen LogP contribution in [0.3, 0.4) is 0 Å². The van der Waals surface area contributed by atoms with Crippen LogP contribution in [0, 0.1) is 0 Å². The summed E-state index contributed by atoms with van der Waals surface area (Å²) in [6.45, 7) is 2.44. The summed E-state index contributed by atoms with van der Waals surface area (Å²) in [4.78, 5) is 0. The minimum absolute atomic E-state index is 0.512. The maximum Gasteiger partial charge on any atom is 0.0583 e. The molecule has 1 saturated heterocycles. The second kappa shape index (κ2) is 8.84. The predicted molar refractivity (Wildman–Crippen MR) is 96.5 cm³/mol. The molecule has 0 aliphatic carbocycles. The molecule has 0 N–H and O–H groups in total. The van der Waals surface area contributed by atoms with E-state index in [1.54, 1.807) is 0 Å². The highest BCUT2D eigenvalue weighted by Gasteiger charge is 2.27. The molecule has 2 heteroatoms. The zero-order valence-electron chi connectivity index (χ0n) is 12.5. The zero-order valence-corrected chi connectivity index (χ0v) is 14.1. The highest BCUT2D eigenvalue weighted by atomic mass is 32.2. The molecule has 2 rings (SSSR count). The number of hydrogen-bond acceptors (Lipinski definition) is 2. The molecule has 0 bridgehead atoms. The maximum atomic E-state index is 2.44. The Morgan fingerprint density at radius 3 is 2.55 bits per heavy atom. The topological polar surface area (TPSA) is 0 Å². The number of rotatable bonds is 7. The van der Waals surface area contributed by atoms with Gasteiger partial charge in [0.25, 0.3) is 0 Å². The first-order valence-corrected chi connectivity index (χ1v) is 9.75. The van der Waals surface area contributed by atoms with E-state index in [4.69, 9.17) is 0 Å². The SMILES string of the molecule is CC1(CCCCC/C=C/c2ccccc2)SCCCS1. The van der Waals surface area contributed by atoms with Crippen LogP contribution in [0.25, 0.3) is 6.08 Å². The molecule has 0 aromatic heterocycles. The molecule has 1 aliphatic rings. The first kappa shape index (κ1) is 16.0. The second-order valence-electron chi connectivity index (χ2n) is 5.60. The van der Waals surface area contributed by atoms with Gasteiger partial charge in [0.2, 0.25) is 0 Å². The summed E-state index contributed by atoms with van der Waals surface area (Å²) < 4.78 is 0.512. The van der Waals surface area contributed by atoms with E-state index < -0.39 is 0 Å². The van der Waals surface area contributed by atoms with E-state index >= 15 is 0 Å². The van der Waals surface area contributed by atoms with Crippen LogP contribution in [-0.2, 0) is 0 Å². The summed E-state index contributed by atoms with van der Waals surface area (Å²) >= 11 is 4.36. The van der Waals surface area contributed by atoms with Crippen molar-refractivity contribution in [3.8, 4) is 0 Å². The molecule has 0 radical (unpaired) electrons. The molecule has 1 aliphatic heterocycles. The van der Waals surface area contributed by atoms with Gasteiger partial charge in [0, 0.05) is 0 Å². The lowest BCUT2D eigenvalue weighted by molar-refractivity contribution is 0.626. The third-order valence-electron chi connectivity index (χ3n) is 3.72. The number of unbranched alkanes of at least 4 members (excludes halogenated alkanes) is 3. The Hall–Kier alpha value is -0.340. The fourth-order valence-electron chi connectivity index (χ4n) is 2.49. The fraction of sp³-hybridized carbons (Fsp3) is 0.556. The van der Waals surface area contributed by atoms with Crippen molar-refractivity contribution in [2.75, 3.05) is 11.5 Å². The third kappa shape index (κ3) is 5.97. The molecule has 1 aromatic rings. The molecule has 1 heterocycles. The van der Waals surface area contributed by atoms with Crippen molar-refractivity contribution in [2.45, 2.75) is 49.5 Å². The largest absolute Gasteiger partial charge is 0.144 e. The van der Waals surface area contributed by atoms with Gasteiger partial charge in [-0.2, -0.15) is 0 Å². The Morgan fingerprint density at radius 1 is 1.05 bits per heavy atom. The minimum Gasteiger partial charge on any atom is -0.144 e. The van der Waals surface area contributed by atoms with Crippen molar-refractivity contribution >= 4 is 29.6 Å².